The maximum atomic E-state index is 12.4. The highest BCUT2D eigenvalue weighted by Gasteiger charge is 2.27. The SMILES string of the molecule is COCCOc1cccc(C(=O)NC(C)(C)CC(C)(C)C)c1. The van der Waals surface area contributed by atoms with Crippen molar-refractivity contribution < 1.29 is 14.3 Å². The number of amides is 1. The molecule has 0 aromatic heterocycles. The van der Waals surface area contributed by atoms with Crippen molar-refractivity contribution in [2.24, 2.45) is 5.41 Å². The molecule has 0 saturated carbocycles. The second kappa shape index (κ2) is 7.63. The summed E-state index contributed by atoms with van der Waals surface area (Å²) in [6, 6.07) is 7.23. The van der Waals surface area contributed by atoms with Crippen LogP contribution in [0.4, 0.5) is 0 Å². The molecule has 4 heteroatoms. The molecule has 1 N–H and O–H groups in total. The van der Waals surface area contributed by atoms with Crippen molar-refractivity contribution in [2.45, 2.75) is 46.6 Å². The Morgan fingerprint density at radius 3 is 2.41 bits per heavy atom. The normalized spacial score (nSPS) is 12.1. The van der Waals surface area contributed by atoms with Crippen LogP contribution >= 0.6 is 0 Å². The molecule has 0 spiro atoms. The van der Waals surface area contributed by atoms with Gasteiger partial charge in [0.25, 0.3) is 5.91 Å². The highest BCUT2D eigenvalue weighted by Crippen LogP contribution is 2.27. The number of carbonyl (C=O) groups is 1. The van der Waals surface area contributed by atoms with Crippen LogP contribution < -0.4 is 10.1 Å². The van der Waals surface area contributed by atoms with Gasteiger partial charge < -0.3 is 14.8 Å². The molecule has 0 aliphatic rings. The number of nitrogens with one attached hydrogen (secondary N) is 1. The monoisotopic (exact) mass is 307 g/mol. The molecule has 1 amide bonds. The number of benzene rings is 1. The summed E-state index contributed by atoms with van der Waals surface area (Å²) in [7, 11) is 1.63. The largest absolute Gasteiger partial charge is 0.491 e. The Bertz CT molecular complexity index is 489. The van der Waals surface area contributed by atoms with Crippen LogP contribution in [0.5, 0.6) is 5.75 Å². The van der Waals surface area contributed by atoms with Crippen LogP contribution in [0, 0.1) is 5.41 Å². The standard InChI is InChI=1S/C18H29NO3/c1-17(2,3)13-18(4,5)19-16(20)14-8-7-9-15(12-14)22-11-10-21-6/h7-9,12H,10-11,13H2,1-6H3,(H,19,20). The number of rotatable bonds is 7. The Kier molecular flexibility index (Phi) is 6.42. The second-order valence-electron chi connectivity index (χ2n) is 7.44. The smallest absolute Gasteiger partial charge is 0.251 e. The van der Waals surface area contributed by atoms with Crippen LogP contribution in [0.25, 0.3) is 0 Å². The van der Waals surface area contributed by atoms with E-state index in [-0.39, 0.29) is 16.9 Å². The quantitative estimate of drug-likeness (QED) is 0.782. The van der Waals surface area contributed by atoms with E-state index in [2.05, 4.69) is 39.9 Å². The predicted molar refractivity (Wildman–Crippen MR) is 89.4 cm³/mol. The fourth-order valence-corrected chi connectivity index (χ4v) is 2.72. The molecule has 0 saturated heterocycles. The first-order chi connectivity index (χ1) is 10.1. The van der Waals surface area contributed by atoms with Crippen LogP contribution in [0.1, 0.15) is 51.4 Å². The van der Waals surface area contributed by atoms with E-state index in [0.717, 1.165) is 6.42 Å². The fourth-order valence-electron chi connectivity index (χ4n) is 2.72. The highest BCUT2D eigenvalue weighted by molar-refractivity contribution is 5.95. The van der Waals surface area contributed by atoms with Gasteiger partial charge in [-0.2, -0.15) is 0 Å². The number of ether oxygens (including phenoxy) is 2. The van der Waals surface area contributed by atoms with Gasteiger partial charge in [-0.1, -0.05) is 26.8 Å². The Hall–Kier alpha value is -1.55. The summed E-state index contributed by atoms with van der Waals surface area (Å²) in [4.78, 5) is 12.4. The second-order valence-corrected chi connectivity index (χ2v) is 7.44. The third-order valence-electron chi connectivity index (χ3n) is 3.08. The molecule has 0 radical (unpaired) electrons. The zero-order valence-electron chi connectivity index (χ0n) is 14.7. The van der Waals surface area contributed by atoms with E-state index in [1.807, 2.05) is 12.1 Å². The summed E-state index contributed by atoms with van der Waals surface area (Å²) >= 11 is 0. The van der Waals surface area contributed by atoms with Crippen LogP contribution in [0.3, 0.4) is 0 Å². The van der Waals surface area contributed by atoms with Crippen molar-refractivity contribution in [3.63, 3.8) is 0 Å². The van der Waals surface area contributed by atoms with Gasteiger partial charge in [0, 0.05) is 18.2 Å². The van der Waals surface area contributed by atoms with Crippen LogP contribution in [-0.2, 0) is 4.74 Å². The molecule has 124 valence electrons. The molecule has 1 aromatic rings. The van der Waals surface area contributed by atoms with Gasteiger partial charge in [0.1, 0.15) is 12.4 Å². The predicted octanol–water partition coefficient (Wildman–Crippen LogP) is 3.66. The Balaban J connectivity index is 2.71. The van der Waals surface area contributed by atoms with Gasteiger partial charge in [0.2, 0.25) is 0 Å². The third kappa shape index (κ3) is 6.94. The van der Waals surface area contributed by atoms with Gasteiger partial charge in [-0.05, 0) is 43.9 Å². The van der Waals surface area contributed by atoms with Crippen molar-refractivity contribution in [1.82, 2.24) is 5.32 Å². The lowest BCUT2D eigenvalue weighted by Gasteiger charge is -2.33. The van der Waals surface area contributed by atoms with E-state index in [9.17, 15) is 4.79 Å². The first-order valence-corrected chi connectivity index (χ1v) is 7.67. The average Bonchev–Trinajstić information content (AvgIpc) is 2.36. The Morgan fingerprint density at radius 2 is 1.82 bits per heavy atom. The first kappa shape index (κ1) is 18.5. The van der Waals surface area contributed by atoms with E-state index in [4.69, 9.17) is 9.47 Å². The lowest BCUT2D eigenvalue weighted by atomic mass is 9.81. The number of hydrogen-bond donors (Lipinski definition) is 1. The highest BCUT2D eigenvalue weighted by atomic mass is 16.5. The number of hydrogen-bond acceptors (Lipinski definition) is 3. The van der Waals surface area contributed by atoms with Crippen LogP contribution in [0.15, 0.2) is 24.3 Å². The summed E-state index contributed by atoms with van der Waals surface area (Å²) in [5.74, 6) is 0.602. The molecule has 1 rings (SSSR count). The summed E-state index contributed by atoms with van der Waals surface area (Å²) < 4.78 is 10.5. The lowest BCUT2D eigenvalue weighted by molar-refractivity contribution is 0.0890. The molecular weight excluding hydrogens is 278 g/mol. The van der Waals surface area contributed by atoms with Crippen molar-refractivity contribution in [3.05, 3.63) is 29.8 Å². The Morgan fingerprint density at radius 1 is 1.14 bits per heavy atom. The maximum Gasteiger partial charge on any atom is 0.251 e. The molecule has 22 heavy (non-hydrogen) atoms. The van der Waals surface area contributed by atoms with Crippen molar-refractivity contribution in [2.75, 3.05) is 20.3 Å². The van der Waals surface area contributed by atoms with Gasteiger partial charge in [-0.3, -0.25) is 4.79 Å². The molecule has 0 aliphatic heterocycles. The summed E-state index contributed by atoms with van der Waals surface area (Å²) in [6.45, 7) is 11.6. The molecule has 1 aromatic carbocycles. The summed E-state index contributed by atoms with van der Waals surface area (Å²) in [5.41, 5.74) is 0.501. The van der Waals surface area contributed by atoms with E-state index in [1.165, 1.54) is 0 Å². The average molecular weight is 307 g/mol. The third-order valence-corrected chi connectivity index (χ3v) is 3.08. The van der Waals surface area contributed by atoms with E-state index in [0.29, 0.717) is 24.5 Å². The van der Waals surface area contributed by atoms with E-state index in [1.54, 1.807) is 19.2 Å². The summed E-state index contributed by atoms with van der Waals surface area (Å²) in [6.07, 6.45) is 0.899. The zero-order valence-corrected chi connectivity index (χ0v) is 14.7. The molecule has 0 fully saturated rings. The molecule has 0 bridgehead atoms. The van der Waals surface area contributed by atoms with Gasteiger partial charge in [-0.15, -0.1) is 0 Å². The zero-order chi connectivity index (χ0) is 16.8. The molecule has 0 heterocycles. The van der Waals surface area contributed by atoms with Crippen molar-refractivity contribution >= 4 is 5.91 Å². The minimum atomic E-state index is -0.262. The first-order valence-electron chi connectivity index (χ1n) is 7.67. The minimum Gasteiger partial charge on any atom is -0.491 e. The van der Waals surface area contributed by atoms with Gasteiger partial charge in [0.05, 0.1) is 6.61 Å². The minimum absolute atomic E-state index is 0.0774. The van der Waals surface area contributed by atoms with Crippen molar-refractivity contribution in [3.8, 4) is 5.75 Å². The van der Waals surface area contributed by atoms with E-state index >= 15 is 0 Å². The van der Waals surface area contributed by atoms with Crippen LogP contribution in [-0.4, -0.2) is 31.8 Å². The molecule has 0 aliphatic carbocycles. The molecule has 4 nitrogen and oxygen atoms in total. The molecule has 0 unspecified atom stereocenters. The molecular formula is C18H29NO3. The fraction of sp³-hybridized carbons (Fsp3) is 0.611. The maximum absolute atomic E-state index is 12.4. The van der Waals surface area contributed by atoms with Crippen molar-refractivity contribution in [1.29, 1.82) is 0 Å². The van der Waals surface area contributed by atoms with Gasteiger partial charge in [-0.25, -0.2) is 0 Å². The van der Waals surface area contributed by atoms with E-state index < -0.39 is 0 Å². The van der Waals surface area contributed by atoms with Gasteiger partial charge in [0.15, 0.2) is 0 Å². The van der Waals surface area contributed by atoms with Crippen LogP contribution in [0.2, 0.25) is 0 Å². The Labute approximate surface area is 134 Å². The number of methoxy groups -OCH3 is 1. The molecule has 0 atom stereocenters. The number of carbonyl (C=O) groups excluding carboxylic acids is 1. The summed E-state index contributed by atoms with van der Waals surface area (Å²) in [5, 5.41) is 3.10. The van der Waals surface area contributed by atoms with Gasteiger partial charge >= 0.3 is 0 Å². The topological polar surface area (TPSA) is 47.6 Å². The lowest BCUT2D eigenvalue weighted by Crippen LogP contribution is -2.45.